The van der Waals surface area contributed by atoms with E-state index in [0.29, 0.717) is 17.4 Å². The summed E-state index contributed by atoms with van der Waals surface area (Å²) in [5.74, 6) is 1.06. The molecule has 1 aliphatic heterocycles. The van der Waals surface area contributed by atoms with Crippen LogP contribution in [0.1, 0.15) is 27.2 Å². The maximum absolute atomic E-state index is 11.2. The Balaban J connectivity index is 2.05. The Bertz CT molecular complexity index is 306. The van der Waals surface area contributed by atoms with Gasteiger partial charge in [0, 0.05) is 18.6 Å². The van der Waals surface area contributed by atoms with E-state index < -0.39 is 9.84 Å². The first kappa shape index (κ1) is 13.9. The van der Waals surface area contributed by atoms with Crippen LogP contribution in [0.15, 0.2) is 0 Å². The van der Waals surface area contributed by atoms with Crippen LogP contribution in [0.2, 0.25) is 0 Å². The number of nitrogens with one attached hydrogen (secondary N) is 2. The molecule has 0 amide bonds. The average molecular weight is 248 g/mol. The molecule has 1 atom stereocenters. The Morgan fingerprint density at radius 3 is 2.44 bits per heavy atom. The summed E-state index contributed by atoms with van der Waals surface area (Å²) < 4.78 is 22.4. The lowest BCUT2D eigenvalue weighted by Crippen LogP contribution is -2.40. The molecule has 0 radical (unpaired) electrons. The van der Waals surface area contributed by atoms with Gasteiger partial charge in [0.2, 0.25) is 0 Å². The van der Waals surface area contributed by atoms with Crippen LogP contribution in [0.25, 0.3) is 0 Å². The van der Waals surface area contributed by atoms with Crippen LogP contribution in [-0.2, 0) is 9.84 Å². The highest BCUT2D eigenvalue weighted by molar-refractivity contribution is 7.91. The predicted molar refractivity (Wildman–Crippen MR) is 67.4 cm³/mol. The molecular formula is C11H24N2O2S. The second-order valence-corrected chi connectivity index (χ2v) is 7.88. The van der Waals surface area contributed by atoms with Gasteiger partial charge >= 0.3 is 0 Å². The summed E-state index contributed by atoms with van der Waals surface area (Å²) in [5, 5.41) is 6.69. The minimum absolute atomic E-state index is 0.151. The molecule has 1 fully saturated rings. The fourth-order valence-corrected chi connectivity index (χ4v) is 3.73. The highest BCUT2D eigenvalue weighted by Crippen LogP contribution is 2.17. The van der Waals surface area contributed by atoms with E-state index in [-0.39, 0.29) is 5.54 Å². The molecule has 0 aliphatic carbocycles. The van der Waals surface area contributed by atoms with E-state index in [9.17, 15) is 8.42 Å². The van der Waals surface area contributed by atoms with Crippen molar-refractivity contribution in [1.82, 2.24) is 10.6 Å². The molecule has 0 aromatic carbocycles. The molecule has 2 N–H and O–H groups in total. The lowest BCUT2D eigenvalue weighted by Gasteiger charge is -2.20. The van der Waals surface area contributed by atoms with Crippen molar-refractivity contribution >= 4 is 9.84 Å². The van der Waals surface area contributed by atoms with Gasteiger partial charge in [0.05, 0.1) is 11.5 Å². The Morgan fingerprint density at radius 2 is 1.94 bits per heavy atom. The van der Waals surface area contributed by atoms with Crippen molar-refractivity contribution < 1.29 is 8.42 Å². The van der Waals surface area contributed by atoms with Crippen molar-refractivity contribution in [1.29, 1.82) is 0 Å². The van der Waals surface area contributed by atoms with Crippen LogP contribution < -0.4 is 10.6 Å². The van der Waals surface area contributed by atoms with E-state index in [2.05, 4.69) is 31.4 Å². The summed E-state index contributed by atoms with van der Waals surface area (Å²) in [6.45, 7) is 9.05. The summed E-state index contributed by atoms with van der Waals surface area (Å²) in [7, 11) is -2.72. The summed E-state index contributed by atoms with van der Waals surface area (Å²) in [6.07, 6.45) is 0.821. The topological polar surface area (TPSA) is 58.2 Å². The van der Waals surface area contributed by atoms with Crippen molar-refractivity contribution in [3.05, 3.63) is 0 Å². The van der Waals surface area contributed by atoms with Crippen LogP contribution in [0.4, 0.5) is 0 Å². The van der Waals surface area contributed by atoms with Crippen LogP contribution in [0.3, 0.4) is 0 Å². The highest BCUT2D eigenvalue weighted by Gasteiger charge is 2.27. The lowest BCUT2D eigenvalue weighted by atomic mass is 10.1. The van der Waals surface area contributed by atoms with Crippen LogP contribution in [-0.4, -0.2) is 45.1 Å². The minimum atomic E-state index is -2.72. The first-order chi connectivity index (χ1) is 7.29. The van der Waals surface area contributed by atoms with Crippen LogP contribution in [0.5, 0.6) is 0 Å². The molecule has 0 spiro atoms. The first-order valence-corrected chi connectivity index (χ1v) is 7.77. The summed E-state index contributed by atoms with van der Waals surface area (Å²) >= 11 is 0. The Hall–Kier alpha value is -0.130. The monoisotopic (exact) mass is 248 g/mol. The Morgan fingerprint density at radius 1 is 1.25 bits per heavy atom. The number of hydrogen-bond donors (Lipinski definition) is 2. The van der Waals surface area contributed by atoms with Gasteiger partial charge in [-0.2, -0.15) is 0 Å². The van der Waals surface area contributed by atoms with Crippen LogP contribution >= 0.6 is 0 Å². The summed E-state index contributed by atoms with van der Waals surface area (Å²) in [4.78, 5) is 0. The zero-order chi connectivity index (χ0) is 12.2. The van der Waals surface area contributed by atoms with Gasteiger partial charge in [-0.25, -0.2) is 8.42 Å². The first-order valence-electron chi connectivity index (χ1n) is 5.95. The second kappa shape index (κ2) is 5.47. The molecule has 1 aliphatic rings. The molecule has 0 aromatic rings. The zero-order valence-corrected chi connectivity index (χ0v) is 11.4. The van der Waals surface area contributed by atoms with Gasteiger partial charge in [0.1, 0.15) is 0 Å². The Kier molecular flexibility index (Phi) is 4.76. The quantitative estimate of drug-likeness (QED) is 0.692. The SMILES string of the molecule is CC(C)(C)NCCNCC1CCS(=O)(=O)C1. The van der Waals surface area contributed by atoms with E-state index in [1.54, 1.807) is 0 Å². The zero-order valence-electron chi connectivity index (χ0n) is 10.5. The molecule has 1 saturated heterocycles. The van der Waals surface area contributed by atoms with Crippen molar-refractivity contribution in [3.8, 4) is 0 Å². The number of sulfone groups is 1. The maximum Gasteiger partial charge on any atom is 0.150 e. The fraction of sp³-hybridized carbons (Fsp3) is 1.00. The van der Waals surface area contributed by atoms with Gasteiger partial charge in [-0.05, 0) is 39.7 Å². The lowest BCUT2D eigenvalue weighted by molar-refractivity contribution is 0.415. The molecule has 1 heterocycles. The van der Waals surface area contributed by atoms with Gasteiger partial charge in [0.25, 0.3) is 0 Å². The molecule has 4 nitrogen and oxygen atoms in total. The van der Waals surface area contributed by atoms with Crippen molar-refractivity contribution in [3.63, 3.8) is 0 Å². The molecule has 0 aromatic heterocycles. The van der Waals surface area contributed by atoms with Crippen molar-refractivity contribution in [2.45, 2.75) is 32.7 Å². The van der Waals surface area contributed by atoms with Crippen molar-refractivity contribution in [2.75, 3.05) is 31.1 Å². The molecule has 1 unspecified atom stereocenters. The molecule has 16 heavy (non-hydrogen) atoms. The van der Waals surface area contributed by atoms with Crippen LogP contribution in [0, 0.1) is 5.92 Å². The summed E-state index contributed by atoms with van der Waals surface area (Å²) in [5.41, 5.74) is 0.151. The van der Waals surface area contributed by atoms with E-state index in [0.717, 1.165) is 26.1 Å². The molecular weight excluding hydrogens is 224 g/mol. The maximum atomic E-state index is 11.2. The third-order valence-corrected chi connectivity index (χ3v) is 4.55. The summed E-state index contributed by atoms with van der Waals surface area (Å²) in [6, 6.07) is 0. The Labute approximate surface area is 99.1 Å². The van der Waals surface area contributed by atoms with E-state index >= 15 is 0 Å². The molecule has 0 bridgehead atoms. The highest BCUT2D eigenvalue weighted by atomic mass is 32.2. The third kappa shape index (κ3) is 5.82. The fourth-order valence-electron chi connectivity index (χ4n) is 1.87. The minimum Gasteiger partial charge on any atom is -0.315 e. The third-order valence-electron chi connectivity index (χ3n) is 2.72. The number of rotatable bonds is 5. The van der Waals surface area contributed by atoms with Gasteiger partial charge in [-0.3, -0.25) is 0 Å². The predicted octanol–water partition coefficient (Wildman–Crippen LogP) is 0.399. The van der Waals surface area contributed by atoms with E-state index in [1.165, 1.54) is 0 Å². The average Bonchev–Trinajstić information content (AvgIpc) is 2.43. The van der Waals surface area contributed by atoms with Gasteiger partial charge in [-0.1, -0.05) is 0 Å². The van der Waals surface area contributed by atoms with Gasteiger partial charge in [-0.15, -0.1) is 0 Å². The smallest absolute Gasteiger partial charge is 0.150 e. The molecule has 1 rings (SSSR count). The van der Waals surface area contributed by atoms with Gasteiger partial charge < -0.3 is 10.6 Å². The molecule has 96 valence electrons. The molecule has 5 heteroatoms. The largest absolute Gasteiger partial charge is 0.315 e. The normalized spacial score (nSPS) is 24.8. The molecule has 0 saturated carbocycles. The number of hydrogen-bond acceptors (Lipinski definition) is 4. The van der Waals surface area contributed by atoms with E-state index in [4.69, 9.17) is 0 Å². The second-order valence-electron chi connectivity index (χ2n) is 5.65. The standard InChI is InChI=1S/C11H24N2O2S/c1-11(2,3)13-6-5-12-8-10-4-7-16(14,15)9-10/h10,12-13H,4-9H2,1-3H3. The van der Waals surface area contributed by atoms with E-state index in [1.807, 2.05) is 0 Å². The van der Waals surface area contributed by atoms with Crippen molar-refractivity contribution in [2.24, 2.45) is 5.92 Å². The van der Waals surface area contributed by atoms with Gasteiger partial charge in [0.15, 0.2) is 9.84 Å².